The highest BCUT2D eigenvalue weighted by Crippen LogP contribution is 2.29. The van der Waals surface area contributed by atoms with Crippen LogP contribution in [0.15, 0.2) is 27.8 Å². The molecule has 3 rings (SSSR count). The van der Waals surface area contributed by atoms with Crippen LogP contribution < -0.4 is 15.4 Å². The summed E-state index contributed by atoms with van der Waals surface area (Å²) >= 11 is 0. The van der Waals surface area contributed by atoms with Gasteiger partial charge < -0.3 is 19.9 Å². The SMILES string of the molecule is CCc1noc(CC)c1CNC(=NC)NCc1ccnc(OCC2CC2)c1. The van der Waals surface area contributed by atoms with Crippen LogP contribution in [0.2, 0.25) is 0 Å². The van der Waals surface area contributed by atoms with Crippen LogP contribution >= 0.6 is 0 Å². The predicted molar refractivity (Wildman–Crippen MR) is 105 cm³/mol. The van der Waals surface area contributed by atoms with Crippen LogP contribution in [0.1, 0.15) is 49.3 Å². The first kappa shape index (κ1) is 19.2. The van der Waals surface area contributed by atoms with Crippen molar-refractivity contribution < 1.29 is 9.26 Å². The van der Waals surface area contributed by atoms with E-state index in [2.05, 4.69) is 39.6 Å². The highest BCUT2D eigenvalue weighted by atomic mass is 16.5. The van der Waals surface area contributed by atoms with Crippen molar-refractivity contribution in [1.82, 2.24) is 20.8 Å². The first-order chi connectivity index (χ1) is 13.2. The zero-order valence-corrected chi connectivity index (χ0v) is 16.4. The molecule has 0 atom stereocenters. The van der Waals surface area contributed by atoms with E-state index in [4.69, 9.17) is 9.26 Å². The molecule has 0 spiro atoms. The number of rotatable bonds is 9. The van der Waals surface area contributed by atoms with Gasteiger partial charge >= 0.3 is 0 Å². The maximum atomic E-state index is 5.75. The second-order valence-corrected chi connectivity index (χ2v) is 6.77. The molecule has 1 aliphatic rings. The smallest absolute Gasteiger partial charge is 0.213 e. The fourth-order valence-electron chi connectivity index (χ4n) is 2.84. The van der Waals surface area contributed by atoms with Gasteiger partial charge in [-0.05, 0) is 36.8 Å². The molecule has 0 saturated heterocycles. The Morgan fingerprint density at radius 3 is 2.78 bits per heavy atom. The van der Waals surface area contributed by atoms with Gasteiger partial charge in [0.25, 0.3) is 0 Å². The van der Waals surface area contributed by atoms with Gasteiger partial charge in [0.1, 0.15) is 5.76 Å². The maximum Gasteiger partial charge on any atom is 0.213 e. The lowest BCUT2D eigenvalue weighted by Gasteiger charge is -2.13. The number of aryl methyl sites for hydroxylation is 2. The van der Waals surface area contributed by atoms with Crippen LogP contribution in [-0.2, 0) is 25.9 Å². The molecule has 1 saturated carbocycles. The number of pyridine rings is 1. The second-order valence-electron chi connectivity index (χ2n) is 6.77. The molecular weight excluding hydrogens is 342 g/mol. The van der Waals surface area contributed by atoms with E-state index >= 15 is 0 Å². The van der Waals surface area contributed by atoms with E-state index < -0.39 is 0 Å². The molecule has 0 aromatic carbocycles. The molecule has 7 nitrogen and oxygen atoms in total. The van der Waals surface area contributed by atoms with Gasteiger partial charge in [0.15, 0.2) is 5.96 Å². The Morgan fingerprint density at radius 2 is 2.07 bits per heavy atom. The summed E-state index contributed by atoms with van der Waals surface area (Å²) in [6.07, 6.45) is 6.02. The Hall–Kier alpha value is -2.57. The van der Waals surface area contributed by atoms with E-state index in [1.807, 2.05) is 12.1 Å². The summed E-state index contributed by atoms with van der Waals surface area (Å²) in [4.78, 5) is 8.58. The highest BCUT2D eigenvalue weighted by molar-refractivity contribution is 5.79. The Bertz CT molecular complexity index is 746. The molecular formula is C20H29N5O2. The number of guanidine groups is 1. The summed E-state index contributed by atoms with van der Waals surface area (Å²) in [5.74, 6) is 3.07. The van der Waals surface area contributed by atoms with Crippen molar-refractivity contribution in [2.45, 2.75) is 52.6 Å². The van der Waals surface area contributed by atoms with Gasteiger partial charge in [0.2, 0.25) is 5.88 Å². The van der Waals surface area contributed by atoms with E-state index in [0.717, 1.165) is 53.9 Å². The van der Waals surface area contributed by atoms with Crippen molar-refractivity contribution >= 4 is 5.96 Å². The number of aromatic nitrogens is 2. The van der Waals surface area contributed by atoms with Gasteiger partial charge in [-0.15, -0.1) is 0 Å². The van der Waals surface area contributed by atoms with Gasteiger partial charge in [0.05, 0.1) is 12.3 Å². The van der Waals surface area contributed by atoms with Gasteiger partial charge in [0, 0.05) is 44.4 Å². The number of nitrogens with zero attached hydrogens (tertiary/aromatic N) is 3. The number of ether oxygens (including phenoxy) is 1. The molecule has 27 heavy (non-hydrogen) atoms. The monoisotopic (exact) mass is 371 g/mol. The molecule has 2 N–H and O–H groups in total. The Balaban J connectivity index is 1.52. The minimum absolute atomic E-state index is 0.640. The fourth-order valence-corrected chi connectivity index (χ4v) is 2.84. The molecule has 1 fully saturated rings. The van der Waals surface area contributed by atoms with Gasteiger partial charge in [-0.2, -0.15) is 0 Å². The van der Waals surface area contributed by atoms with Crippen molar-refractivity contribution in [3.63, 3.8) is 0 Å². The normalized spacial score (nSPS) is 14.3. The summed E-state index contributed by atoms with van der Waals surface area (Å²) in [5.41, 5.74) is 3.23. The number of nitrogens with one attached hydrogen (secondary N) is 2. The molecule has 0 aliphatic heterocycles. The summed E-state index contributed by atoms with van der Waals surface area (Å²) in [7, 11) is 1.77. The quantitative estimate of drug-likeness (QED) is 0.521. The lowest BCUT2D eigenvalue weighted by Crippen LogP contribution is -2.36. The minimum atomic E-state index is 0.640. The number of hydrogen-bond donors (Lipinski definition) is 2. The Kier molecular flexibility index (Phi) is 6.68. The van der Waals surface area contributed by atoms with Crippen molar-refractivity contribution in [3.8, 4) is 5.88 Å². The average Bonchev–Trinajstić information content (AvgIpc) is 3.45. The molecule has 1 aliphatic carbocycles. The Labute approximate surface area is 160 Å². The molecule has 0 unspecified atom stereocenters. The third-order valence-electron chi connectivity index (χ3n) is 4.69. The molecule has 0 amide bonds. The lowest BCUT2D eigenvalue weighted by atomic mass is 10.1. The molecule has 2 aromatic heterocycles. The summed E-state index contributed by atoms with van der Waals surface area (Å²) < 4.78 is 11.2. The van der Waals surface area contributed by atoms with E-state index in [1.165, 1.54) is 12.8 Å². The topological polar surface area (TPSA) is 84.6 Å². The second kappa shape index (κ2) is 9.39. The number of hydrogen-bond acceptors (Lipinski definition) is 5. The third-order valence-corrected chi connectivity index (χ3v) is 4.69. The maximum absolute atomic E-state index is 5.75. The van der Waals surface area contributed by atoms with E-state index in [-0.39, 0.29) is 0 Å². The van der Waals surface area contributed by atoms with E-state index in [1.54, 1.807) is 13.2 Å². The molecule has 2 aromatic rings. The fraction of sp³-hybridized carbons (Fsp3) is 0.550. The van der Waals surface area contributed by atoms with Crippen LogP contribution in [0, 0.1) is 5.92 Å². The summed E-state index contributed by atoms with van der Waals surface area (Å²) in [6.45, 7) is 6.21. The molecule has 146 valence electrons. The standard InChI is InChI=1S/C20H29N5O2/c1-4-17-16(18(5-2)27-25-17)12-24-20(21-3)23-11-15-8-9-22-19(10-15)26-13-14-6-7-14/h8-10,14H,4-7,11-13H2,1-3H3,(H2,21,23,24). The van der Waals surface area contributed by atoms with Crippen molar-refractivity contribution in [3.05, 3.63) is 40.9 Å². The van der Waals surface area contributed by atoms with Gasteiger partial charge in [-0.3, -0.25) is 4.99 Å². The molecule has 7 heteroatoms. The van der Waals surface area contributed by atoms with Gasteiger partial charge in [-0.25, -0.2) is 4.98 Å². The molecule has 0 bridgehead atoms. The van der Waals surface area contributed by atoms with Crippen molar-refractivity contribution in [1.29, 1.82) is 0 Å². The largest absolute Gasteiger partial charge is 0.477 e. The molecule has 0 radical (unpaired) electrons. The zero-order chi connectivity index (χ0) is 19.1. The lowest BCUT2D eigenvalue weighted by molar-refractivity contribution is 0.288. The van der Waals surface area contributed by atoms with Gasteiger partial charge in [-0.1, -0.05) is 19.0 Å². The Morgan fingerprint density at radius 1 is 1.26 bits per heavy atom. The predicted octanol–water partition coefficient (Wildman–Crippen LogP) is 2.85. The van der Waals surface area contributed by atoms with Crippen LogP contribution in [0.25, 0.3) is 0 Å². The van der Waals surface area contributed by atoms with Crippen LogP contribution in [0.3, 0.4) is 0 Å². The summed E-state index contributed by atoms with van der Waals surface area (Å²) in [6, 6.07) is 3.96. The van der Waals surface area contributed by atoms with E-state index in [9.17, 15) is 0 Å². The van der Waals surface area contributed by atoms with Crippen molar-refractivity contribution in [2.75, 3.05) is 13.7 Å². The zero-order valence-electron chi connectivity index (χ0n) is 16.4. The average molecular weight is 371 g/mol. The first-order valence-corrected chi connectivity index (χ1v) is 9.72. The van der Waals surface area contributed by atoms with Crippen molar-refractivity contribution in [2.24, 2.45) is 10.9 Å². The van der Waals surface area contributed by atoms with E-state index in [0.29, 0.717) is 19.0 Å². The molecule has 2 heterocycles. The summed E-state index contributed by atoms with van der Waals surface area (Å²) in [5, 5.41) is 10.8. The third kappa shape index (κ3) is 5.45. The highest BCUT2D eigenvalue weighted by Gasteiger charge is 2.22. The first-order valence-electron chi connectivity index (χ1n) is 9.72. The van der Waals surface area contributed by atoms with Crippen LogP contribution in [-0.4, -0.2) is 29.8 Å². The minimum Gasteiger partial charge on any atom is -0.477 e. The van der Waals surface area contributed by atoms with Crippen LogP contribution in [0.4, 0.5) is 0 Å². The van der Waals surface area contributed by atoms with Crippen LogP contribution in [0.5, 0.6) is 5.88 Å². The number of aliphatic imine (C=N–C) groups is 1.